The second-order valence-electron chi connectivity index (χ2n) is 3.66. The second kappa shape index (κ2) is 3.86. The molecule has 1 saturated heterocycles. The van der Waals surface area contributed by atoms with Crippen LogP contribution in [0.1, 0.15) is 10.4 Å². The van der Waals surface area contributed by atoms with E-state index in [0.717, 1.165) is 13.1 Å². The van der Waals surface area contributed by atoms with Crippen molar-refractivity contribution in [3.63, 3.8) is 0 Å². The Hall–Kier alpha value is -1.62. The van der Waals surface area contributed by atoms with Crippen LogP contribution in [0.5, 0.6) is 5.75 Å². The minimum atomic E-state index is -0.107. The van der Waals surface area contributed by atoms with Gasteiger partial charge in [-0.25, -0.2) is 0 Å². The molecule has 5 heteroatoms. The molecule has 0 aliphatic carbocycles. The number of aromatic hydroxyl groups is 1. The molecular weight excluding hydrogens is 194 g/mol. The quantitative estimate of drug-likeness (QED) is 0.706. The molecule has 2 rings (SSSR count). The maximum atomic E-state index is 11.9. The molecule has 1 fully saturated rings. The molecule has 5 nitrogen and oxygen atoms in total. The van der Waals surface area contributed by atoms with Gasteiger partial charge < -0.3 is 15.3 Å². The molecule has 0 radical (unpaired) electrons. The fourth-order valence-electron chi connectivity index (χ4n) is 1.46. The molecular formula is C10H13N3O2. The van der Waals surface area contributed by atoms with Gasteiger partial charge in [-0.3, -0.25) is 9.78 Å². The normalized spacial score (nSPS) is 15.8. The van der Waals surface area contributed by atoms with Gasteiger partial charge >= 0.3 is 0 Å². The third-order valence-corrected chi connectivity index (χ3v) is 2.60. The first kappa shape index (κ1) is 9.92. The summed E-state index contributed by atoms with van der Waals surface area (Å²) >= 11 is 0. The Labute approximate surface area is 87.7 Å². The van der Waals surface area contributed by atoms with E-state index in [0.29, 0.717) is 5.56 Å². The minimum absolute atomic E-state index is 0.0148. The summed E-state index contributed by atoms with van der Waals surface area (Å²) in [5.41, 5.74) is 0.421. The van der Waals surface area contributed by atoms with Gasteiger partial charge in [0.05, 0.1) is 17.8 Å². The highest BCUT2D eigenvalue weighted by atomic mass is 16.3. The fraction of sp³-hybridized carbons (Fsp3) is 0.400. The second-order valence-corrected chi connectivity index (χ2v) is 3.66. The zero-order valence-corrected chi connectivity index (χ0v) is 8.47. The van der Waals surface area contributed by atoms with E-state index in [4.69, 9.17) is 0 Å². The Morgan fingerprint density at radius 1 is 1.60 bits per heavy atom. The number of likely N-dealkylation sites (N-methyl/N-ethyl adjacent to an activating group) is 1. The van der Waals surface area contributed by atoms with Crippen LogP contribution in [-0.4, -0.2) is 47.1 Å². The first-order chi connectivity index (χ1) is 7.18. The van der Waals surface area contributed by atoms with Crippen LogP contribution in [0.15, 0.2) is 18.5 Å². The third-order valence-electron chi connectivity index (χ3n) is 2.60. The highest BCUT2D eigenvalue weighted by Gasteiger charge is 2.26. The Morgan fingerprint density at radius 2 is 2.33 bits per heavy atom. The van der Waals surface area contributed by atoms with Crippen molar-refractivity contribution in [2.45, 2.75) is 6.04 Å². The third kappa shape index (κ3) is 1.92. The van der Waals surface area contributed by atoms with Crippen molar-refractivity contribution >= 4 is 5.91 Å². The van der Waals surface area contributed by atoms with Gasteiger partial charge in [0.15, 0.2) is 0 Å². The van der Waals surface area contributed by atoms with E-state index in [2.05, 4.69) is 10.3 Å². The summed E-state index contributed by atoms with van der Waals surface area (Å²) in [7, 11) is 1.76. The molecule has 2 N–H and O–H groups in total. The van der Waals surface area contributed by atoms with Gasteiger partial charge in [0.25, 0.3) is 5.91 Å². The van der Waals surface area contributed by atoms with E-state index in [9.17, 15) is 9.90 Å². The first-order valence-corrected chi connectivity index (χ1v) is 4.80. The topological polar surface area (TPSA) is 65.5 Å². The lowest BCUT2D eigenvalue weighted by Gasteiger charge is -2.35. The van der Waals surface area contributed by atoms with Crippen molar-refractivity contribution in [2.75, 3.05) is 20.1 Å². The highest BCUT2D eigenvalue weighted by Crippen LogP contribution is 2.12. The van der Waals surface area contributed by atoms with Crippen molar-refractivity contribution in [2.24, 2.45) is 0 Å². The predicted octanol–water partition coefficient (Wildman–Crippen LogP) is -0.169. The van der Waals surface area contributed by atoms with Crippen LogP contribution in [0.2, 0.25) is 0 Å². The fourth-order valence-corrected chi connectivity index (χ4v) is 1.46. The van der Waals surface area contributed by atoms with Crippen LogP contribution >= 0.6 is 0 Å². The summed E-state index contributed by atoms with van der Waals surface area (Å²) in [6.45, 7) is 1.66. The molecule has 80 valence electrons. The lowest BCUT2D eigenvalue weighted by atomic mass is 10.1. The number of aromatic nitrogens is 1. The lowest BCUT2D eigenvalue weighted by Crippen LogP contribution is -2.57. The van der Waals surface area contributed by atoms with Crippen LogP contribution in [0.3, 0.4) is 0 Å². The predicted molar refractivity (Wildman–Crippen MR) is 54.7 cm³/mol. The monoisotopic (exact) mass is 207 g/mol. The molecule has 1 aliphatic heterocycles. The molecule has 0 spiro atoms. The van der Waals surface area contributed by atoms with Crippen LogP contribution in [0.4, 0.5) is 0 Å². The molecule has 2 heterocycles. The maximum Gasteiger partial charge on any atom is 0.255 e. The standard InChI is InChI=1S/C10H13N3O2/c1-13(8-4-12-5-8)10(15)7-2-9(14)6-11-3-7/h2-3,6,8,12,14H,4-5H2,1H3. The summed E-state index contributed by atoms with van der Waals surface area (Å²) < 4.78 is 0. The summed E-state index contributed by atoms with van der Waals surface area (Å²) in [5.74, 6) is -0.0918. The van der Waals surface area contributed by atoms with Crippen LogP contribution in [0, 0.1) is 0 Å². The Balaban J connectivity index is 2.12. The van der Waals surface area contributed by atoms with Gasteiger partial charge in [0.2, 0.25) is 0 Å². The van der Waals surface area contributed by atoms with Gasteiger partial charge in [-0.1, -0.05) is 0 Å². The summed E-state index contributed by atoms with van der Waals surface area (Å²) in [6, 6.07) is 1.68. The molecule has 0 unspecified atom stereocenters. The van der Waals surface area contributed by atoms with E-state index >= 15 is 0 Å². The van der Waals surface area contributed by atoms with Gasteiger partial charge in [-0.2, -0.15) is 0 Å². The Kier molecular flexibility index (Phi) is 2.55. The van der Waals surface area contributed by atoms with Gasteiger partial charge in [0.1, 0.15) is 5.75 Å². The number of hydrogen-bond acceptors (Lipinski definition) is 4. The van der Waals surface area contributed by atoms with Crippen LogP contribution in [-0.2, 0) is 0 Å². The maximum absolute atomic E-state index is 11.9. The number of pyridine rings is 1. The molecule has 1 aromatic heterocycles. The van der Waals surface area contributed by atoms with Crippen molar-refractivity contribution in [1.82, 2.24) is 15.2 Å². The lowest BCUT2D eigenvalue weighted by molar-refractivity contribution is 0.0680. The Bertz CT molecular complexity index is 377. The molecule has 0 atom stereocenters. The smallest absolute Gasteiger partial charge is 0.255 e. The number of carbonyl (C=O) groups is 1. The number of nitrogens with one attached hydrogen (secondary N) is 1. The van der Waals surface area contributed by atoms with Gasteiger partial charge in [0, 0.05) is 26.3 Å². The zero-order valence-electron chi connectivity index (χ0n) is 8.47. The molecule has 1 aliphatic rings. The SMILES string of the molecule is CN(C(=O)c1cncc(O)c1)C1CNC1. The van der Waals surface area contributed by atoms with Crippen molar-refractivity contribution in [1.29, 1.82) is 0 Å². The highest BCUT2D eigenvalue weighted by molar-refractivity contribution is 5.94. The Morgan fingerprint density at radius 3 is 2.87 bits per heavy atom. The number of rotatable bonds is 2. The van der Waals surface area contributed by atoms with E-state index < -0.39 is 0 Å². The van der Waals surface area contributed by atoms with E-state index in [1.807, 2.05) is 0 Å². The van der Waals surface area contributed by atoms with E-state index in [1.165, 1.54) is 18.5 Å². The number of amides is 1. The molecule has 15 heavy (non-hydrogen) atoms. The molecule has 0 aromatic carbocycles. The summed E-state index contributed by atoms with van der Waals surface area (Å²) in [5, 5.41) is 12.3. The average Bonchev–Trinajstić information content (AvgIpc) is 2.14. The first-order valence-electron chi connectivity index (χ1n) is 4.80. The van der Waals surface area contributed by atoms with Crippen molar-refractivity contribution < 1.29 is 9.90 Å². The van der Waals surface area contributed by atoms with Crippen molar-refractivity contribution in [3.05, 3.63) is 24.0 Å². The van der Waals surface area contributed by atoms with Crippen LogP contribution < -0.4 is 5.32 Å². The van der Waals surface area contributed by atoms with Gasteiger partial charge in [-0.05, 0) is 6.07 Å². The number of hydrogen-bond donors (Lipinski definition) is 2. The minimum Gasteiger partial charge on any atom is -0.506 e. The van der Waals surface area contributed by atoms with Gasteiger partial charge in [-0.15, -0.1) is 0 Å². The molecule has 1 aromatic rings. The van der Waals surface area contributed by atoms with Crippen LogP contribution in [0.25, 0.3) is 0 Å². The zero-order chi connectivity index (χ0) is 10.8. The molecule has 1 amide bonds. The van der Waals surface area contributed by atoms with Crippen molar-refractivity contribution in [3.8, 4) is 5.75 Å². The number of nitrogens with zero attached hydrogens (tertiary/aromatic N) is 2. The average molecular weight is 207 g/mol. The summed E-state index contributed by atoms with van der Waals surface area (Å²) in [4.78, 5) is 17.3. The number of carbonyl (C=O) groups excluding carboxylic acids is 1. The van der Waals surface area contributed by atoms with E-state index in [-0.39, 0.29) is 17.7 Å². The van der Waals surface area contributed by atoms with E-state index in [1.54, 1.807) is 11.9 Å². The molecule has 0 saturated carbocycles. The largest absolute Gasteiger partial charge is 0.506 e. The molecule has 0 bridgehead atoms. The summed E-state index contributed by atoms with van der Waals surface area (Å²) in [6.07, 6.45) is 2.77.